The molecule has 0 spiro atoms. The van der Waals surface area contributed by atoms with Crippen molar-refractivity contribution in [3.8, 4) is 11.5 Å². The van der Waals surface area contributed by atoms with Crippen LogP contribution < -0.4 is 0 Å². The Morgan fingerprint density at radius 2 is 1.22 bits per heavy atom. The summed E-state index contributed by atoms with van der Waals surface area (Å²) in [5.74, 6) is -0.218. The topological polar surface area (TPSA) is 74.6 Å². The molecule has 0 saturated carbocycles. The fourth-order valence-corrected chi connectivity index (χ4v) is 1.22. The number of carbonyl (C=O) groups is 2. The lowest BCUT2D eigenvalue weighted by Crippen LogP contribution is -1.77. The molecule has 0 aromatic heterocycles. The van der Waals surface area contributed by atoms with E-state index in [0.717, 1.165) is 17.9 Å². The molecule has 0 aliphatic rings. The molecule has 0 aliphatic carbocycles. The highest BCUT2D eigenvalue weighted by Crippen LogP contribution is 2.18. The molecule has 0 aliphatic heterocycles. The number of phenols is 2. The summed E-state index contributed by atoms with van der Waals surface area (Å²) in [7, 11) is 0. The van der Waals surface area contributed by atoms with Crippen LogP contribution in [0.2, 0.25) is 0 Å². The van der Waals surface area contributed by atoms with E-state index in [1.807, 2.05) is 18.2 Å². The molecule has 18 heavy (non-hydrogen) atoms. The lowest BCUT2D eigenvalue weighted by molar-refractivity contribution is 0.111. The van der Waals surface area contributed by atoms with Gasteiger partial charge in [0.15, 0.2) is 0 Å². The number of aromatic hydroxyl groups is 2. The number of hydrogen-bond donors (Lipinski definition) is 2. The van der Waals surface area contributed by atoms with Gasteiger partial charge in [-0.3, -0.25) is 9.59 Å². The molecule has 4 heteroatoms. The van der Waals surface area contributed by atoms with Gasteiger partial charge in [0.25, 0.3) is 0 Å². The largest absolute Gasteiger partial charge is 0.508 e. The monoisotopic (exact) mass is 244 g/mol. The van der Waals surface area contributed by atoms with E-state index in [1.54, 1.807) is 12.1 Å². The van der Waals surface area contributed by atoms with E-state index >= 15 is 0 Å². The van der Waals surface area contributed by atoms with Gasteiger partial charge in [-0.2, -0.15) is 0 Å². The molecule has 0 unspecified atom stereocenters. The second-order valence-corrected chi connectivity index (χ2v) is 3.43. The van der Waals surface area contributed by atoms with E-state index in [9.17, 15) is 9.59 Å². The molecular weight excluding hydrogens is 232 g/mol. The van der Waals surface area contributed by atoms with E-state index in [0.29, 0.717) is 6.29 Å². The smallest absolute Gasteiger partial charge is 0.150 e. The first-order valence-corrected chi connectivity index (χ1v) is 5.14. The maximum Gasteiger partial charge on any atom is 0.150 e. The molecule has 0 atom stereocenters. The van der Waals surface area contributed by atoms with Gasteiger partial charge in [-0.05, 0) is 12.1 Å². The van der Waals surface area contributed by atoms with Crippen molar-refractivity contribution < 1.29 is 19.8 Å². The number of hydrogen-bond acceptors (Lipinski definition) is 4. The maximum absolute atomic E-state index is 10.1. The summed E-state index contributed by atoms with van der Waals surface area (Å²) in [4.78, 5) is 20.1. The molecule has 0 fully saturated rings. The minimum absolute atomic E-state index is 0.109. The van der Waals surface area contributed by atoms with Crippen LogP contribution in [0.4, 0.5) is 0 Å². The van der Waals surface area contributed by atoms with E-state index in [-0.39, 0.29) is 17.1 Å². The predicted molar refractivity (Wildman–Crippen MR) is 67.0 cm³/mol. The van der Waals surface area contributed by atoms with Crippen LogP contribution in [-0.2, 0) is 0 Å². The van der Waals surface area contributed by atoms with E-state index < -0.39 is 0 Å². The van der Waals surface area contributed by atoms with Gasteiger partial charge in [0.2, 0.25) is 0 Å². The average Bonchev–Trinajstić information content (AvgIpc) is 2.39. The molecule has 92 valence electrons. The van der Waals surface area contributed by atoms with Crippen LogP contribution in [-0.4, -0.2) is 22.8 Å². The average molecular weight is 244 g/mol. The zero-order valence-corrected chi connectivity index (χ0v) is 9.48. The minimum atomic E-state index is -0.109. The summed E-state index contributed by atoms with van der Waals surface area (Å²) >= 11 is 0. The molecular formula is C14H12O4. The van der Waals surface area contributed by atoms with Crippen LogP contribution in [0.1, 0.15) is 20.7 Å². The number of carbonyl (C=O) groups excluding carboxylic acids is 2. The van der Waals surface area contributed by atoms with Crippen LogP contribution in [0.25, 0.3) is 0 Å². The summed E-state index contributed by atoms with van der Waals surface area (Å²) in [6, 6.07) is 12.8. The van der Waals surface area contributed by atoms with Crippen molar-refractivity contribution in [2.45, 2.75) is 0 Å². The molecule has 2 N–H and O–H groups in total. The molecule has 0 radical (unpaired) electrons. The van der Waals surface area contributed by atoms with E-state index in [1.165, 1.54) is 12.1 Å². The van der Waals surface area contributed by atoms with Crippen molar-refractivity contribution in [1.29, 1.82) is 0 Å². The molecule has 2 aromatic rings. The van der Waals surface area contributed by atoms with Crippen molar-refractivity contribution in [2.75, 3.05) is 0 Å². The molecule has 2 rings (SSSR count). The highest BCUT2D eigenvalue weighted by Gasteiger charge is 1.95. The second kappa shape index (κ2) is 6.85. The Balaban J connectivity index is 0.000000184. The van der Waals surface area contributed by atoms with Gasteiger partial charge in [0.05, 0.1) is 0 Å². The first-order valence-electron chi connectivity index (χ1n) is 5.14. The SMILES string of the molecule is O=Cc1cc(O)cc(O)c1.O=Cc1ccccc1. The first-order chi connectivity index (χ1) is 8.65. The van der Waals surface area contributed by atoms with Crippen LogP contribution >= 0.6 is 0 Å². The minimum Gasteiger partial charge on any atom is -0.508 e. The Kier molecular flexibility index (Phi) is 5.12. The first kappa shape index (κ1) is 13.4. The molecule has 4 nitrogen and oxygen atoms in total. The van der Waals surface area contributed by atoms with Gasteiger partial charge < -0.3 is 10.2 Å². The van der Waals surface area contributed by atoms with Gasteiger partial charge in [-0.15, -0.1) is 0 Å². The maximum atomic E-state index is 10.1. The van der Waals surface area contributed by atoms with Crippen LogP contribution in [0.5, 0.6) is 11.5 Å². The van der Waals surface area contributed by atoms with Crippen molar-refractivity contribution in [3.63, 3.8) is 0 Å². The van der Waals surface area contributed by atoms with Crippen molar-refractivity contribution >= 4 is 12.6 Å². The van der Waals surface area contributed by atoms with Gasteiger partial charge in [0, 0.05) is 17.2 Å². The Labute approximate surface area is 104 Å². The number of benzene rings is 2. The van der Waals surface area contributed by atoms with Crippen LogP contribution in [0, 0.1) is 0 Å². The quantitative estimate of drug-likeness (QED) is 0.795. The van der Waals surface area contributed by atoms with Crippen molar-refractivity contribution in [2.24, 2.45) is 0 Å². The zero-order valence-electron chi connectivity index (χ0n) is 9.48. The summed E-state index contributed by atoms with van der Waals surface area (Å²) in [5.41, 5.74) is 0.991. The molecule has 0 saturated heterocycles. The third kappa shape index (κ3) is 4.49. The molecule has 2 aromatic carbocycles. The van der Waals surface area contributed by atoms with Crippen molar-refractivity contribution in [1.82, 2.24) is 0 Å². The molecule has 0 bridgehead atoms. The van der Waals surface area contributed by atoms with Gasteiger partial charge in [0.1, 0.15) is 24.1 Å². The number of aldehydes is 2. The lowest BCUT2D eigenvalue weighted by atomic mass is 10.2. The van der Waals surface area contributed by atoms with Gasteiger partial charge in [-0.1, -0.05) is 30.3 Å². The Hall–Kier alpha value is -2.62. The highest BCUT2D eigenvalue weighted by atomic mass is 16.3. The van der Waals surface area contributed by atoms with Gasteiger partial charge >= 0.3 is 0 Å². The summed E-state index contributed by atoms with van der Waals surface area (Å²) in [6.45, 7) is 0. The third-order valence-electron chi connectivity index (χ3n) is 2.00. The summed E-state index contributed by atoms with van der Waals surface area (Å²) in [6.07, 6.45) is 1.39. The summed E-state index contributed by atoms with van der Waals surface area (Å²) < 4.78 is 0. The fourth-order valence-electron chi connectivity index (χ4n) is 1.22. The Morgan fingerprint density at radius 3 is 1.61 bits per heavy atom. The van der Waals surface area contributed by atoms with E-state index in [4.69, 9.17) is 10.2 Å². The fraction of sp³-hybridized carbons (Fsp3) is 0. The molecule has 0 amide bonds. The van der Waals surface area contributed by atoms with Crippen LogP contribution in [0.3, 0.4) is 0 Å². The number of rotatable bonds is 2. The lowest BCUT2D eigenvalue weighted by Gasteiger charge is -1.94. The highest BCUT2D eigenvalue weighted by molar-refractivity contribution is 5.76. The standard InChI is InChI=1S/C7H6O3.C7H6O/c8-4-5-1-6(9)3-7(10)2-5;8-6-7-4-2-1-3-5-7/h1-4,9-10H;1-6H. The van der Waals surface area contributed by atoms with E-state index in [2.05, 4.69) is 0 Å². The zero-order chi connectivity index (χ0) is 13.4. The Morgan fingerprint density at radius 1 is 0.722 bits per heavy atom. The van der Waals surface area contributed by atoms with Gasteiger partial charge in [-0.25, -0.2) is 0 Å². The molecule has 0 heterocycles. The third-order valence-corrected chi connectivity index (χ3v) is 2.00. The summed E-state index contributed by atoms with van der Waals surface area (Å²) in [5, 5.41) is 17.6. The number of phenolic OH excluding ortho intramolecular Hbond substituents is 2. The predicted octanol–water partition coefficient (Wildman–Crippen LogP) is 2.41. The normalized spacial score (nSPS) is 8.89. The van der Waals surface area contributed by atoms with Crippen molar-refractivity contribution in [3.05, 3.63) is 59.7 Å². The van der Waals surface area contributed by atoms with Crippen LogP contribution in [0.15, 0.2) is 48.5 Å². The second-order valence-electron chi connectivity index (χ2n) is 3.43. The Bertz CT molecular complexity index is 500.